The van der Waals surface area contributed by atoms with E-state index in [9.17, 15) is 0 Å². The number of benzene rings is 1. The average molecular weight is 231 g/mol. The van der Waals surface area contributed by atoms with Crippen LogP contribution >= 0.6 is 0 Å². The topological polar surface area (TPSA) is 54.7 Å². The fourth-order valence-corrected chi connectivity index (χ4v) is 2.23. The number of aromatic amines is 1. The SMILES string of the molecule is CCCCC(CC)c1nc2ccc(N)cc2[nH]1. The van der Waals surface area contributed by atoms with Crippen LogP contribution in [0.15, 0.2) is 18.2 Å². The lowest BCUT2D eigenvalue weighted by Gasteiger charge is -2.10. The lowest BCUT2D eigenvalue weighted by Crippen LogP contribution is -1.99. The van der Waals surface area contributed by atoms with Crippen LogP contribution in [0.4, 0.5) is 5.69 Å². The van der Waals surface area contributed by atoms with Gasteiger partial charge in [0.1, 0.15) is 5.82 Å². The number of rotatable bonds is 5. The van der Waals surface area contributed by atoms with E-state index in [1.165, 1.54) is 19.3 Å². The fourth-order valence-electron chi connectivity index (χ4n) is 2.23. The molecule has 0 aliphatic carbocycles. The number of nitrogens with two attached hydrogens (primary N) is 1. The first-order valence-corrected chi connectivity index (χ1v) is 6.49. The van der Waals surface area contributed by atoms with Crippen LogP contribution in [0.25, 0.3) is 11.0 Å². The Kier molecular flexibility index (Phi) is 3.67. The second kappa shape index (κ2) is 5.21. The van der Waals surface area contributed by atoms with Gasteiger partial charge in [0, 0.05) is 11.6 Å². The van der Waals surface area contributed by atoms with Crippen LogP contribution in [-0.2, 0) is 0 Å². The molecule has 1 unspecified atom stereocenters. The molecule has 1 heterocycles. The first-order chi connectivity index (χ1) is 8.24. The summed E-state index contributed by atoms with van der Waals surface area (Å²) in [5.74, 6) is 1.66. The van der Waals surface area contributed by atoms with Gasteiger partial charge in [-0.2, -0.15) is 0 Å². The quantitative estimate of drug-likeness (QED) is 0.768. The number of fused-ring (bicyclic) bond motifs is 1. The van der Waals surface area contributed by atoms with Crippen molar-refractivity contribution in [3.63, 3.8) is 0 Å². The van der Waals surface area contributed by atoms with Crippen LogP contribution in [0.2, 0.25) is 0 Å². The second-order valence-corrected chi connectivity index (χ2v) is 4.65. The predicted molar refractivity (Wildman–Crippen MR) is 73.1 cm³/mol. The molecule has 92 valence electrons. The average Bonchev–Trinajstić information content (AvgIpc) is 2.72. The van der Waals surface area contributed by atoms with E-state index < -0.39 is 0 Å². The Labute approximate surface area is 102 Å². The van der Waals surface area contributed by atoms with E-state index in [1.54, 1.807) is 0 Å². The van der Waals surface area contributed by atoms with Gasteiger partial charge in [-0.05, 0) is 31.0 Å². The van der Waals surface area contributed by atoms with Gasteiger partial charge in [0.15, 0.2) is 0 Å². The van der Waals surface area contributed by atoms with Crippen LogP contribution in [0.3, 0.4) is 0 Å². The number of imidazole rings is 1. The molecule has 2 rings (SSSR count). The largest absolute Gasteiger partial charge is 0.399 e. The summed E-state index contributed by atoms with van der Waals surface area (Å²) in [4.78, 5) is 8.07. The molecule has 3 N–H and O–H groups in total. The van der Waals surface area contributed by atoms with Crippen molar-refractivity contribution in [1.29, 1.82) is 0 Å². The van der Waals surface area contributed by atoms with Crippen LogP contribution < -0.4 is 5.73 Å². The molecule has 2 aromatic rings. The highest BCUT2D eigenvalue weighted by Gasteiger charge is 2.13. The van der Waals surface area contributed by atoms with Crippen LogP contribution in [0, 0.1) is 0 Å². The minimum atomic E-state index is 0.545. The normalized spacial score (nSPS) is 13.1. The summed E-state index contributed by atoms with van der Waals surface area (Å²) in [5.41, 5.74) is 8.63. The molecule has 0 bridgehead atoms. The summed E-state index contributed by atoms with van der Waals surface area (Å²) in [6.45, 7) is 4.45. The molecule has 0 amide bonds. The maximum atomic E-state index is 5.77. The molecule has 17 heavy (non-hydrogen) atoms. The van der Waals surface area contributed by atoms with Crippen molar-refractivity contribution in [3.8, 4) is 0 Å². The van der Waals surface area contributed by atoms with E-state index in [0.717, 1.165) is 29.0 Å². The molecule has 1 atom stereocenters. The molecule has 0 fully saturated rings. The number of aromatic nitrogens is 2. The molecule has 3 heteroatoms. The van der Waals surface area contributed by atoms with Crippen molar-refractivity contribution in [2.75, 3.05) is 5.73 Å². The van der Waals surface area contributed by atoms with Crippen molar-refractivity contribution in [2.45, 2.75) is 45.4 Å². The fraction of sp³-hybridized carbons (Fsp3) is 0.500. The lowest BCUT2D eigenvalue weighted by atomic mass is 9.99. The smallest absolute Gasteiger partial charge is 0.110 e. The van der Waals surface area contributed by atoms with E-state index in [0.29, 0.717) is 5.92 Å². The van der Waals surface area contributed by atoms with Gasteiger partial charge in [-0.1, -0.05) is 26.7 Å². The van der Waals surface area contributed by atoms with Crippen molar-refractivity contribution in [2.24, 2.45) is 0 Å². The summed E-state index contributed by atoms with van der Waals surface area (Å²) in [5, 5.41) is 0. The van der Waals surface area contributed by atoms with Gasteiger partial charge in [-0.3, -0.25) is 0 Å². The standard InChI is InChI=1S/C14H21N3/c1-3-5-6-10(4-2)14-16-12-8-7-11(15)9-13(12)17-14/h7-10H,3-6,15H2,1-2H3,(H,16,17). The zero-order valence-corrected chi connectivity index (χ0v) is 10.7. The zero-order valence-electron chi connectivity index (χ0n) is 10.7. The van der Waals surface area contributed by atoms with E-state index >= 15 is 0 Å². The van der Waals surface area contributed by atoms with E-state index in [2.05, 4.69) is 23.8 Å². The molecule has 0 aliphatic rings. The number of nitrogen functional groups attached to an aromatic ring is 1. The summed E-state index contributed by atoms with van der Waals surface area (Å²) in [6, 6.07) is 5.84. The van der Waals surface area contributed by atoms with E-state index in [4.69, 9.17) is 5.73 Å². The van der Waals surface area contributed by atoms with Crippen molar-refractivity contribution < 1.29 is 0 Å². The summed E-state index contributed by atoms with van der Waals surface area (Å²) in [7, 11) is 0. The third-order valence-corrected chi connectivity index (χ3v) is 3.31. The predicted octanol–water partition coefficient (Wildman–Crippen LogP) is 3.83. The van der Waals surface area contributed by atoms with Crippen molar-refractivity contribution >= 4 is 16.7 Å². The second-order valence-electron chi connectivity index (χ2n) is 4.65. The number of H-pyrrole nitrogens is 1. The summed E-state index contributed by atoms with van der Waals surface area (Å²) in [6.07, 6.45) is 4.85. The zero-order chi connectivity index (χ0) is 12.3. The monoisotopic (exact) mass is 231 g/mol. The van der Waals surface area contributed by atoms with Crippen molar-refractivity contribution in [1.82, 2.24) is 9.97 Å². The van der Waals surface area contributed by atoms with Gasteiger partial charge in [0.05, 0.1) is 11.0 Å². The maximum absolute atomic E-state index is 5.77. The number of nitrogens with one attached hydrogen (secondary N) is 1. The molecular weight excluding hydrogens is 210 g/mol. The third-order valence-electron chi connectivity index (χ3n) is 3.31. The minimum Gasteiger partial charge on any atom is -0.399 e. The van der Waals surface area contributed by atoms with Crippen LogP contribution in [0.5, 0.6) is 0 Å². The Morgan fingerprint density at radius 3 is 2.88 bits per heavy atom. The van der Waals surface area contributed by atoms with Gasteiger partial charge in [-0.15, -0.1) is 0 Å². The number of hydrogen-bond acceptors (Lipinski definition) is 2. The molecule has 0 saturated heterocycles. The van der Waals surface area contributed by atoms with Gasteiger partial charge < -0.3 is 10.7 Å². The first kappa shape index (κ1) is 12.0. The molecule has 0 saturated carbocycles. The van der Waals surface area contributed by atoms with Crippen LogP contribution in [-0.4, -0.2) is 9.97 Å². The lowest BCUT2D eigenvalue weighted by molar-refractivity contribution is 0.549. The van der Waals surface area contributed by atoms with Gasteiger partial charge in [0.25, 0.3) is 0 Å². The maximum Gasteiger partial charge on any atom is 0.110 e. The van der Waals surface area contributed by atoms with Crippen molar-refractivity contribution in [3.05, 3.63) is 24.0 Å². The number of unbranched alkanes of at least 4 members (excludes halogenated alkanes) is 1. The van der Waals surface area contributed by atoms with Gasteiger partial charge in [0.2, 0.25) is 0 Å². The highest BCUT2D eigenvalue weighted by atomic mass is 14.9. The molecule has 1 aromatic carbocycles. The van der Waals surface area contributed by atoms with Crippen LogP contribution in [0.1, 0.15) is 51.3 Å². The Balaban J connectivity index is 2.27. The first-order valence-electron chi connectivity index (χ1n) is 6.49. The van der Waals surface area contributed by atoms with E-state index in [1.807, 2.05) is 18.2 Å². The number of anilines is 1. The minimum absolute atomic E-state index is 0.545. The highest BCUT2D eigenvalue weighted by molar-refractivity contribution is 5.78. The molecule has 0 aliphatic heterocycles. The number of nitrogens with zero attached hydrogens (tertiary/aromatic N) is 1. The van der Waals surface area contributed by atoms with Gasteiger partial charge >= 0.3 is 0 Å². The third kappa shape index (κ3) is 2.60. The molecule has 0 spiro atoms. The number of hydrogen-bond donors (Lipinski definition) is 2. The molecule has 1 aromatic heterocycles. The Morgan fingerprint density at radius 2 is 2.18 bits per heavy atom. The Hall–Kier alpha value is -1.51. The molecule has 0 radical (unpaired) electrons. The summed E-state index contributed by atoms with van der Waals surface area (Å²) < 4.78 is 0. The Bertz CT molecular complexity index is 487. The summed E-state index contributed by atoms with van der Waals surface area (Å²) >= 11 is 0. The molecule has 3 nitrogen and oxygen atoms in total. The highest BCUT2D eigenvalue weighted by Crippen LogP contribution is 2.25. The van der Waals surface area contributed by atoms with Gasteiger partial charge in [-0.25, -0.2) is 4.98 Å². The van der Waals surface area contributed by atoms with E-state index in [-0.39, 0.29) is 0 Å². The molecular formula is C14H21N3. The Morgan fingerprint density at radius 1 is 1.35 bits per heavy atom.